The van der Waals surface area contributed by atoms with Crippen LogP contribution in [-0.4, -0.2) is 72.4 Å². The minimum absolute atomic E-state index is 0.0907. The van der Waals surface area contributed by atoms with Gasteiger partial charge in [0.15, 0.2) is 0 Å². The summed E-state index contributed by atoms with van der Waals surface area (Å²) in [6.07, 6.45) is 9.01. The van der Waals surface area contributed by atoms with Crippen molar-refractivity contribution in [1.82, 2.24) is 9.80 Å². The predicted octanol–water partition coefficient (Wildman–Crippen LogP) is 3.60. The Bertz CT molecular complexity index is 905. The fourth-order valence-corrected chi connectivity index (χ4v) is 6.61. The first-order valence-corrected chi connectivity index (χ1v) is 12.7. The second-order valence-electron chi connectivity index (χ2n) is 10.7. The zero-order chi connectivity index (χ0) is 23.0. The van der Waals surface area contributed by atoms with Crippen LogP contribution < -0.4 is 0 Å². The summed E-state index contributed by atoms with van der Waals surface area (Å²) in [4.78, 5) is 17.8. The van der Waals surface area contributed by atoms with E-state index in [2.05, 4.69) is 66.1 Å². The molecular weight excluding hydrogens is 412 g/mol. The lowest BCUT2D eigenvalue weighted by Gasteiger charge is -2.52. The molecule has 2 aliphatic heterocycles. The van der Waals surface area contributed by atoms with Crippen molar-refractivity contribution in [3.8, 4) is 0 Å². The first-order chi connectivity index (χ1) is 16.0. The average Bonchev–Trinajstić information content (AvgIpc) is 3.13. The van der Waals surface area contributed by atoms with Crippen molar-refractivity contribution in [2.45, 2.75) is 45.3 Å². The van der Waals surface area contributed by atoms with Gasteiger partial charge >= 0.3 is 5.97 Å². The van der Waals surface area contributed by atoms with Crippen LogP contribution in [0.15, 0.2) is 48.1 Å². The van der Waals surface area contributed by atoms with Crippen molar-refractivity contribution in [3.63, 3.8) is 0 Å². The predicted molar refractivity (Wildman–Crippen MR) is 130 cm³/mol. The number of allylic oxidation sites excluding steroid dienone is 1. The molecule has 2 aliphatic carbocycles. The summed E-state index contributed by atoms with van der Waals surface area (Å²) in [6, 6.07) is 10.4. The van der Waals surface area contributed by atoms with E-state index < -0.39 is 6.10 Å². The zero-order valence-corrected chi connectivity index (χ0v) is 20.0. The van der Waals surface area contributed by atoms with Gasteiger partial charge in [-0.2, -0.15) is 0 Å². The fourth-order valence-electron chi connectivity index (χ4n) is 6.61. The van der Waals surface area contributed by atoms with Crippen LogP contribution in [0, 0.1) is 23.2 Å². The molecule has 5 rings (SSSR count). The average molecular weight is 451 g/mol. The third kappa shape index (κ3) is 4.31. The Balaban J connectivity index is 1.18. The molecule has 1 aromatic carbocycles. The van der Waals surface area contributed by atoms with Crippen molar-refractivity contribution in [1.29, 1.82) is 0 Å². The molecule has 0 radical (unpaired) electrons. The molecule has 0 bridgehead atoms. The number of fused-ring (bicyclic) bond motifs is 2. The topological polar surface area (TPSA) is 53.0 Å². The van der Waals surface area contributed by atoms with Crippen LogP contribution >= 0.6 is 0 Å². The smallest absolute Gasteiger partial charge is 0.311 e. The number of piperazine rings is 1. The Kier molecular flexibility index (Phi) is 6.47. The van der Waals surface area contributed by atoms with Gasteiger partial charge in [-0.1, -0.05) is 68.0 Å². The Labute approximate surface area is 198 Å². The molecule has 33 heavy (non-hydrogen) atoms. The molecule has 6 atom stereocenters. The number of aliphatic hydroxyl groups excluding tert-OH is 1. The molecular formula is C28H38N2O3. The highest BCUT2D eigenvalue weighted by Crippen LogP contribution is 2.56. The van der Waals surface area contributed by atoms with E-state index >= 15 is 0 Å². The molecule has 1 aromatic rings. The van der Waals surface area contributed by atoms with Crippen LogP contribution in [0.25, 0.3) is 6.08 Å². The second-order valence-corrected chi connectivity index (χ2v) is 10.7. The monoisotopic (exact) mass is 450 g/mol. The lowest BCUT2D eigenvalue weighted by atomic mass is 9.55. The van der Waals surface area contributed by atoms with Crippen LogP contribution in [0.4, 0.5) is 0 Å². The molecule has 1 saturated carbocycles. The summed E-state index contributed by atoms with van der Waals surface area (Å²) < 4.78 is 5.85. The van der Waals surface area contributed by atoms with Gasteiger partial charge in [0, 0.05) is 57.0 Å². The third-order valence-corrected chi connectivity index (χ3v) is 8.96. The lowest BCUT2D eigenvalue weighted by molar-refractivity contribution is -0.145. The summed E-state index contributed by atoms with van der Waals surface area (Å²) in [7, 11) is 0. The number of nitrogens with zero attached hydrogens (tertiary/aromatic N) is 2. The molecule has 0 unspecified atom stereocenters. The summed E-state index contributed by atoms with van der Waals surface area (Å²) in [6.45, 7) is 10.0. The third-order valence-electron chi connectivity index (χ3n) is 8.96. The fraction of sp³-hybridized carbons (Fsp3) is 0.607. The molecule has 1 N–H and O–H groups in total. The molecule has 0 aromatic heterocycles. The van der Waals surface area contributed by atoms with E-state index in [1.165, 1.54) is 11.1 Å². The lowest BCUT2D eigenvalue weighted by Crippen LogP contribution is -2.55. The number of hydrogen-bond donors (Lipinski definition) is 1. The van der Waals surface area contributed by atoms with Crippen LogP contribution in [0.3, 0.4) is 0 Å². The number of benzene rings is 1. The largest absolute Gasteiger partial charge is 0.461 e. The summed E-state index contributed by atoms with van der Waals surface area (Å²) >= 11 is 0. The first kappa shape index (κ1) is 22.8. The van der Waals surface area contributed by atoms with Crippen LogP contribution in [-0.2, 0) is 9.53 Å². The SMILES string of the molecule is C[C@H]1CCC=C2C[C@H]3OC(=O)[C@H](CN4CCN(CC=Cc5ccccc5)CC4)[C@@H]3[C@H](O)[C@@]21C. The highest BCUT2D eigenvalue weighted by atomic mass is 16.6. The number of rotatable bonds is 5. The van der Waals surface area contributed by atoms with Gasteiger partial charge < -0.3 is 9.84 Å². The van der Waals surface area contributed by atoms with Crippen LogP contribution in [0.2, 0.25) is 0 Å². The van der Waals surface area contributed by atoms with Crippen molar-refractivity contribution in [2.24, 2.45) is 23.2 Å². The van der Waals surface area contributed by atoms with E-state index in [1.807, 2.05) is 6.07 Å². The molecule has 0 amide bonds. The van der Waals surface area contributed by atoms with Gasteiger partial charge in [0.2, 0.25) is 0 Å². The molecule has 5 heteroatoms. The Hall–Kier alpha value is -1.95. The van der Waals surface area contributed by atoms with Gasteiger partial charge in [0.05, 0.1) is 12.0 Å². The zero-order valence-electron chi connectivity index (χ0n) is 20.0. The van der Waals surface area contributed by atoms with Crippen LogP contribution in [0.1, 0.15) is 38.7 Å². The molecule has 4 aliphatic rings. The Morgan fingerprint density at radius 2 is 1.88 bits per heavy atom. The van der Waals surface area contributed by atoms with Gasteiger partial charge in [0.1, 0.15) is 6.10 Å². The summed E-state index contributed by atoms with van der Waals surface area (Å²) in [5.74, 6) is 0.0131. The van der Waals surface area contributed by atoms with Crippen molar-refractivity contribution >= 4 is 12.0 Å². The van der Waals surface area contributed by atoms with E-state index in [0.717, 1.165) is 52.0 Å². The standard InChI is InChI=1S/C28H38N2O3/c1-20-8-6-12-22-18-24-25(26(31)28(20,22)2)23(27(32)33-24)19-30-16-14-29(15-17-30)13-7-11-21-9-4-3-5-10-21/h3-5,7,9-12,20,23-26,31H,6,8,13-19H2,1-2H3/t20-,23+,24+,25-,26-,28+/m0/s1. The number of aliphatic hydroxyl groups is 1. The first-order valence-electron chi connectivity index (χ1n) is 12.7. The maximum Gasteiger partial charge on any atom is 0.311 e. The second kappa shape index (κ2) is 9.36. The number of hydrogen-bond acceptors (Lipinski definition) is 5. The van der Waals surface area contributed by atoms with Crippen molar-refractivity contribution < 1.29 is 14.6 Å². The van der Waals surface area contributed by atoms with E-state index in [1.54, 1.807) is 0 Å². The number of carbonyl (C=O) groups excluding carboxylic acids is 1. The van der Waals surface area contributed by atoms with Crippen LogP contribution in [0.5, 0.6) is 0 Å². The number of esters is 1. The van der Waals surface area contributed by atoms with Gasteiger partial charge in [-0.15, -0.1) is 0 Å². The minimum Gasteiger partial charge on any atom is -0.461 e. The van der Waals surface area contributed by atoms with E-state index in [-0.39, 0.29) is 29.3 Å². The quantitative estimate of drug-likeness (QED) is 0.549. The molecule has 0 spiro atoms. The highest BCUT2D eigenvalue weighted by molar-refractivity contribution is 5.76. The molecule has 2 saturated heterocycles. The molecule has 2 heterocycles. The normalized spacial score (nSPS) is 37.5. The Morgan fingerprint density at radius 1 is 1.15 bits per heavy atom. The molecule has 3 fully saturated rings. The van der Waals surface area contributed by atoms with E-state index in [9.17, 15) is 9.90 Å². The maximum absolute atomic E-state index is 12.9. The van der Waals surface area contributed by atoms with Gasteiger partial charge in [-0.05, 0) is 24.3 Å². The highest BCUT2D eigenvalue weighted by Gasteiger charge is 2.59. The van der Waals surface area contributed by atoms with E-state index in [4.69, 9.17) is 4.74 Å². The van der Waals surface area contributed by atoms with Gasteiger partial charge in [0.25, 0.3) is 0 Å². The summed E-state index contributed by atoms with van der Waals surface area (Å²) in [5.41, 5.74) is 2.31. The minimum atomic E-state index is -0.515. The Morgan fingerprint density at radius 3 is 2.64 bits per heavy atom. The van der Waals surface area contributed by atoms with Gasteiger partial charge in [-0.25, -0.2) is 0 Å². The maximum atomic E-state index is 12.9. The number of ether oxygens (including phenoxy) is 1. The molecule has 178 valence electrons. The van der Waals surface area contributed by atoms with E-state index in [0.29, 0.717) is 12.5 Å². The van der Waals surface area contributed by atoms with Crippen molar-refractivity contribution in [3.05, 3.63) is 53.6 Å². The van der Waals surface area contributed by atoms with Gasteiger partial charge in [-0.3, -0.25) is 14.6 Å². The van der Waals surface area contributed by atoms with Crippen molar-refractivity contribution in [2.75, 3.05) is 39.3 Å². The molecule has 5 nitrogen and oxygen atoms in total. The number of carbonyl (C=O) groups is 1. The summed E-state index contributed by atoms with van der Waals surface area (Å²) in [5, 5.41) is 11.5.